The van der Waals surface area contributed by atoms with E-state index in [9.17, 15) is 4.79 Å². The zero-order valence-corrected chi connectivity index (χ0v) is 15.8. The minimum Gasteiger partial charge on any atom is -0.444 e. The summed E-state index contributed by atoms with van der Waals surface area (Å²) in [5, 5.41) is 0. The van der Waals surface area contributed by atoms with Crippen LogP contribution in [0.1, 0.15) is 46.6 Å². The maximum Gasteiger partial charge on any atom is 0.410 e. The number of amides is 1. The standard InChI is InChI=1S/C20H32N2O2/c1-16-14-21(19(23)24-20(3,4)5)15-17(2)22(16)13-9-12-18-10-7-6-8-11-18/h6-8,10-11,16-17H,9,12-15H2,1-5H3. The Hall–Kier alpha value is -1.55. The summed E-state index contributed by atoms with van der Waals surface area (Å²) in [4.78, 5) is 16.7. The molecule has 1 aliphatic heterocycles. The summed E-state index contributed by atoms with van der Waals surface area (Å²) in [6, 6.07) is 11.3. The van der Waals surface area contributed by atoms with Gasteiger partial charge in [-0.05, 0) is 59.6 Å². The topological polar surface area (TPSA) is 32.8 Å². The van der Waals surface area contributed by atoms with Crippen LogP contribution >= 0.6 is 0 Å². The number of benzene rings is 1. The van der Waals surface area contributed by atoms with Crippen LogP contribution in [0.2, 0.25) is 0 Å². The quantitative estimate of drug-likeness (QED) is 0.837. The largest absolute Gasteiger partial charge is 0.444 e. The molecule has 0 spiro atoms. The zero-order valence-electron chi connectivity index (χ0n) is 15.8. The number of nitrogens with zero attached hydrogens (tertiary/aromatic N) is 2. The first kappa shape index (κ1) is 18.8. The van der Waals surface area contributed by atoms with Crippen molar-refractivity contribution < 1.29 is 9.53 Å². The Morgan fingerprint density at radius 3 is 2.25 bits per heavy atom. The van der Waals surface area contributed by atoms with Gasteiger partial charge < -0.3 is 9.64 Å². The summed E-state index contributed by atoms with van der Waals surface area (Å²) >= 11 is 0. The number of ether oxygens (including phenoxy) is 1. The third kappa shape index (κ3) is 5.52. The van der Waals surface area contributed by atoms with Crippen molar-refractivity contribution in [1.82, 2.24) is 9.80 Å². The van der Waals surface area contributed by atoms with E-state index < -0.39 is 5.60 Å². The Bertz CT molecular complexity index is 512. The van der Waals surface area contributed by atoms with Gasteiger partial charge in [-0.3, -0.25) is 4.90 Å². The molecular weight excluding hydrogens is 300 g/mol. The SMILES string of the molecule is CC1CN(C(=O)OC(C)(C)C)CC(C)N1CCCc1ccccc1. The molecule has 1 heterocycles. The Labute approximate surface area is 146 Å². The van der Waals surface area contributed by atoms with Gasteiger partial charge in [0.15, 0.2) is 0 Å². The first-order valence-corrected chi connectivity index (χ1v) is 9.04. The predicted molar refractivity (Wildman–Crippen MR) is 98.2 cm³/mol. The van der Waals surface area contributed by atoms with Gasteiger partial charge in [0.25, 0.3) is 0 Å². The summed E-state index contributed by atoms with van der Waals surface area (Å²) in [6.45, 7) is 12.7. The van der Waals surface area contributed by atoms with Crippen LogP contribution in [0.3, 0.4) is 0 Å². The zero-order chi connectivity index (χ0) is 17.7. The number of rotatable bonds is 4. The molecule has 0 radical (unpaired) electrons. The third-order valence-corrected chi connectivity index (χ3v) is 4.48. The second kappa shape index (κ2) is 8.02. The molecule has 1 saturated heterocycles. The lowest BCUT2D eigenvalue weighted by Crippen LogP contribution is -2.58. The molecule has 1 amide bonds. The van der Waals surface area contributed by atoms with Crippen LogP contribution in [0.5, 0.6) is 0 Å². The van der Waals surface area contributed by atoms with E-state index >= 15 is 0 Å². The highest BCUT2D eigenvalue weighted by molar-refractivity contribution is 5.68. The first-order chi connectivity index (χ1) is 11.3. The van der Waals surface area contributed by atoms with Crippen LogP contribution in [-0.4, -0.2) is 53.2 Å². The molecule has 1 aromatic rings. The molecule has 0 N–H and O–H groups in total. The van der Waals surface area contributed by atoms with Crippen LogP contribution in [-0.2, 0) is 11.2 Å². The summed E-state index contributed by atoms with van der Waals surface area (Å²) in [5.74, 6) is 0. The van der Waals surface area contributed by atoms with E-state index in [-0.39, 0.29) is 6.09 Å². The lowest BCUT2D eigenvalue weighted by molar-refractivity contribution is -0.00768. The second-order valence-corrected chi connectivity index (χ2v) is 7.91. The maximum absolute atomic E-state index is 12.3. The highest BCUT2D eigenvalue weighted by atomic mass is 16.6. The van der Waals surface area contributed by atoms with Crippen LogP contribution in [0, 0.1) is 0 Å². The molecule has 2 rings (SSSR count). The van der Waals surface area contributed by atoms with E-state index in [0.717, 1.165) is 32.5 Å². The maximum atomic E-state index is 12.3. The van der Waals surface area contributed by atoms with Crippen molar-refractivity contribution in [3.8, 4) is 0 Å². The lowest BCUT2D eigenvalue weighted by atomic mass is 10.1. The number of hydrogen-bond donors (Lipinski definition) is 0. The van der Waals surface area contributed by atoms with Gasteiger partial charge in [-0.2, -0.15) is 0 Å². The van der Waals surface area contributed by atoms with Crippen molar-refractivity contribution in [2.45, 2.75) is 65.1 Å². The summed E-state index contributed by atoms with van der Waals surface area (Å²) < 4.78 is 5.52. The van der Waals surface area contributed by atoms with E-state index in [1.165, 1.54) is 5.56 Å². The van der Waals surface area contributed by atoms with Gasteiger partial charge in [-0.1, -0.05) is 30.3 Å². The Morgan fingerprint density at radius 1 is 1.12 bits per heavy atom. The lowest BCUT2D eigenvalue weighted by Gasteiger charge is -2.44. The fourth-order valence-electron chi connectivity index (χ4n) is 3.38. The van der Waals surface area contributed by atoms with Gasteiger partial charge in [0.1, 0.15) is 5.60 Å². The van der Waals surface area contributed by atoms with Crippen LogP contribution in [0.25, 0.3) is 0 Å². The van der Waals surface area contributed by atoms with Crippen molar-refractivity contribution in [3.05, 3.63) is 35.9 Å². The molecule has 1 aromatic carbocycles. The predicted octanol–water partition coefficient (Wildman–Crippen LogP) is 3.95. The van der Waals surface area contributed by atoms with Crippen LogP contribution in [0.15, 0.2) is 30.3 Å². The normalized spacial score (nSPS) is 22.5. The molecule has 0 saturated carbocycles. The number of hydrogen-bond acceptors (Lipinski definition) is 3. The van der Waals surface area contributed by atoms with E-state index in [1.807, 2.05) is 25.7 Å². The van der Waals surface area contributed by atoms with Crippen molar-refractivity contribution in [1.29, 1.82) is 0 Å². The number of carbonyl (C=O) groups excluding carboxylic acids is 1. The fourth-order valence-corrected chi connectivity index (χ4v) is 3.38. The fraction of sp³-hybridized carbons (Fsp3) is 0.650. The summed E-state index contributed by atoms with van der Waals surface area (Å²) in [7, 11) is 0. The van der Waals surface area contributed by atoms with Gasteiger partial charge in [0.05, 0.1) is 0 Å². The molecule has 2 atom stereocenters. The van der Waals surface area contributed by atoms with Crippen molar-refractivity contribution in [3.63, 3.8) is 0 Å². The average molecular weight is 332 g/mol. The van der Waals surface area contributed by atoms with E-state index in [2.05, 4.69) is 49.1 Å². The Morgan fingerprint density at radius 2 is 1.71 bits per heavy atom. The van der Waals surface area contributed by atoms with Gasteiger partial charge >= 0.3 is 6.09 Å². The molecule has 134 valence electrons. The van der Waals surface area contributed by atoms with E-state index in [1.54, 1.807) is 0 Å². The molecule has 1 aliphatic rings. The molecule has 0 bridgehead atoms. The van der Waals surface area contributed by atoms with E-state index in [0.29, 0.717) is 12.1 Å². The minimum absolute atomic E-state index is 0.190. The minimum atomic E-state index is -0.434. The van der Waals surface area contributed by atoms with Crippen LogP contribution < -0.4 is 0 Å². The molecule has 4 heteroatoms. The van der Waals surface area contributed by atoms with Crippen molar-refractivity contribution >= 4 is 6.09 Å². The molecule has 1 fully saturated rings. The number of aryl methyl sites for hydroxylation is 1. The van der Waals surface area contributed by atoms with Crippen molar-refractivity contribution in [2.75, 3.05) is 19.6 Å². The monoisotopic (exact) mass is 332 g/mol. The van der Waals surface area contributed by atoms with Gasteiger partial charge in [-0.15, -0.1) is 0 Å². The van der Waals surface area contributed by atoms with E-state index in [4.69, 9.17) is 4.74 Å². The molecule has 24 heavy (non-hydrogen) atoms. The Kier molecular flexibility index (Phi) is 6.27. The van der Waals surface area contributed by atoms with Gasteiger partial charge in [0, 0.05) is 25.2 Å². The Balaban J connectivity index is 1.83. The van der Waals surface area contributed by atoms with Crippen LogP contribution in [0.4, 0.5) is 4.79 Å². The third-order valence-electron chi connectivity index (χ3n) is 4.48. The average Bonchev–Trinajstić information content (AvgIpc) is 2.49. The van der Waals surface area contributed by atoms with Gasteiger partial charge in [0.2, 0.25) is 0 Å². The summed E-state index contributed by atoms with van der Waals surface area (Å²) in [5.41, 5.74) is 0.960. The smallest absolute Gasteiger partial charge is 0.410 e. The number of carbonyl (C=O) groups is 1. The first-order valence-electron chi connectivity index (χ1n) is 9.04. The highest BCUT2D eigenvalue weighted by Gasteiger charge is 2.33. The molecule has 0 aliphatic carbocycles. The highest BCUT2D eigenvalue weighted by Crippen LogP contribution is 2.19. The molecular formula is C20H32N2O2. The molecule has 2 unspecified atom stereocenters. The number of piperazine rings is 1. The molecule has 4 nitrogen and oxygen atoms in total. The summed E-state index contributed by atoms with van der Waals surface area (Å²) in [6.07, 6.45) is 2.06. The van der Waals surface area contributed by atoms with Crippen molar-refractivity contribution in [2.24, 2.45) is 0 Å². The molecule has 0 aromatic heterocycles. The van der Waals surface area contributed by atoms with Gasteiger partial charge in [-0.25, -0.2) is 4.79 Å². The second-order valence-electron chi connectivity index (χ2n) is 7.91.